The zero-order chi connectivity index (χ0) is 21.8. The van der Waals surface area contributed by atoms with Gasteiger partial charge in [0.15, 0.2) is 0 Å². The fourth-order valence-corrected chi connectivity index (χ4v) is 4.06. The van der Waals surface area contributed by atoms with E-state index in [0.29, 0.717) is 6.07 Å². The van der Waals surface area contributed by atoms with Crippen LogP contribution in [0.2, 0.25) is 0 Å². The first kappa shape index (κ1) is 21.5. The Hall–Kier alpha value is -3.18. The minimum atomic E-state index is -4.61. The summed E-state index contributed by atoms with van der Waals surface area (Å²) in [7, 11) is -4.22. The monoisotopic (exact) mass is 453 g/mol. The van der Waals surface area contributed by atoms with Crippen LogP contribution in [0.3, 0.4) is 0 Å². The number of halogens is 3. The molecule has 1 amide bonds. The molecule has 0 radical (unpaired) electrons. The number of sulfonamides is 1. The van der Waals surface area contributed by atoms with E-state index < -0.39 is 27.7 Å². The molecule has 3 aromatic rings. The van der Waals surface area contributed by atoms with Gasteiger partial charge in [0.25, 0.3) is 15.9 Å². The lowest BCUT2D eigenvalue weighted by atomic mass is 10.2. The molecule has 0 saturated heterocycles. The highest BCUT2D eigenvalue weighted by molar-refractivity contribution is 7.92. The molecule has 30 heavy (non-hydrogen) atoms. The third-order valence-electron chi connectivity index (χ3n) is 3.77. The zero-order valence-electron chi connectivity index (χ0n) is 15.1. The maximum Gasteiger partial charge on any atom is 0.416 e. The number of alkyl halides is 3. The quantitative estimate of drug-likeness (QED) is 0.430. The second-order valence-electron chi connectivity index (χ2n) is 5.97. The van der Waals surface area contributed by atoms with Crippen LogP contribution in [0.1, 0.15) is 21.5 Å². The number of nitrogens with zero attached hydrogens (tertiary/aromatic N) is 1. The molecule has 0 unspecified atom stereocenters. The molecule has 2 aromatic carbocycles. The summed E-state index contributed by atoms with van der Waals surface area (Å²) >= 11 is 1.46. The first-order valence-electron chi connectivity index (χ1n) is 8.31. The van der Waals surface area contributed by atoms with Gasteiger partial charge in [-0.2, -0.15) is 29.6 Å². The minimum absolute atomic E-state index is 0.0179. The fraction of sp³-hybridized carbons (Fsp3) is 0.0526. The third-order valence-corrected chi connectivity index (χ3v) is 5.85. The molecular weight excluding hydrogens is 439 g/mol. The first-order valence-corrected chi connectivity index (χ1v) is 10.7. The summed E-state index contributed by atoms with van der Waals surface area (Å²) in [6.45, 7) is 0. The van der Waals surface area contributed by atoms with Gasteiger partial charge < -0.3 is 0 Å². The largest absolute Gasteiger partial charge is 0.416 e. The lowest BCUT2D eigenvalue weighted by molar-refractivity contribution is -0.137. The van der Waals surface area contributed by atoms with Crippen LogP contribution in [0, 0.1) is 0 Å². The van der Waals surface area contributed by atoms with Gasteiger partial charge in [-0.25, -0.2) is 13.8 Å². The van der Waals surface area contributed by atoms with Crippen molar-refractivity contribution in [2.24, 2.45) is 5.10 Å². The van der Waals surface area contributed by atoms with Gasteiger partial charge in [-0.15, -0.1) is 0 Å². The van der Waals surface area contributed by atoms with E-state index in [9.17, 15) is 26.4 Å². The van der Waals surface area contributed by atoms with Gasteiger partial charge in [-0.3, -0.25) is 9.52 Å². The second-order valence-corrected chi connectivity index (χ2v) is 8.43. The Labute approximate surface area is 174 Å². The first-order chi connectivity index (χ1) is 14.1. The molecule has 1 aromatic heterocycles. The van der Waals surface area contributed by atoms with Crippen LogP contribution in [0.15, 0.2) is 75.4 Å². The van der Waals surface area contributed by atoms with Gasteiger partial charge in [0.2, 0.25) is 0 Å². The predicted molar refractivity (Wildman–Crippen MR) is 108 cm³/mol. The SMILES string of the molecule is O=C(N/N=C/c1ccsc1)c1cccc(S(=O)(=O)Nc2cccc(C(F)(F)F)c2)c1. The van der Waals surface area contributed by atoms with Gasteiger partial charge in [-0.05, 0) is 53.2 Å². The molecule has 0 aliphatic heterocycles. The Morgan fingerprint density at radius 1 is 1.07 bits per heavy atom. The summed E-state index contributed by atoms with van der Waals surface area (Å²) in [5.41, 5.74) is 1.86. The molecule has 11 heteroatoms. The highest BCUT2D eigenvalue weighted by Crippen LogP contribution is 2.31. The Balaban J connectivity index is 1.76. The third kappa shape index (κ3) is 5.45. The van der Waals surface area contributed by atoms with Crippen molar-refractivity contribution in [3.63, 3.8) is 0 Å². The molecule has 2 N–H and O–H groups in total. The maximum atomic E-state index is 12.8. The summed E-state index contributed by atoms with van der Waals surface area (Å²) in [6.07, 6.45) is -3.17. The Morgan fingerprint density at radius 2 is 1.83 bits per heavy atom. The van der Waals surface area contributed by atoms with Gasteiger partial charge in [0.05, 0.1) is 16.7 Å². The smallest absolute Gasteiger partial charge is 0.280 e. The molecule has 0 atom stereocenters. The molecule has 3 rings (SSSR count). The van der Waals surface area contributed by atoms with Crippen molar-refractivity contribution >= 4 is 39.2 Å². The van der Waals surface area contributed by atoms with Crippen molar-refractivity contribution in [2.45, 2.75) is 11.1 Å². The van der Waals surface area contributed by atoms with Gasteiger partial charge in [-0.1, -0.05) is 12.1 Å². The van der Waals surface area contributed by atoms with E-state index in [1.165, 1.54) is 41.8 Å². The number of hydrogen-bond donors (Lipinski definition) is 2. The second kappa shape index (κ2) is 8.67. The van der Waals surface area contributed by atoms with Crippen molar-refractivity contribution in [1.29, 1.82) is 0 Å². The molecule has 1 heterocycles. The number of carbonyl (C=O) groups is 1. The highest BCUT2D eigenvalue weighted by Gasteiger charge is 2.30. The predicted octanol–water partition coefficient (Wildman–Crippen LogP) is 4.33. The Morgan fingerprint density at radius 3 is 2.53 bits per heavy atom. The van der Waals surface area contributed by atoms with Crippen LogP contribution >= 0.6 is 11.3 Å². The van der Waals surface area contributed by atoms with Crippen LogP contribution < -0.4 is 10.1 Å². The molecule has 0 aliphatic rings. The Bertz CT molecular complexity index is 1170. The lowest BCUT2D eigenvalue weighted by Gasteiger charge is -2.11. The minimum Gasteiger partial charge on any atom is -0.280 e. The number of hydrazone groups is 1. The number of thiophene rings is 1. The van der Waals surface area contributed by atoms with Crippen LogP contribution in [-0.2, 0) is 16.2 Å². The summed E-state index contributed by atoms with van der Waals surface area (Å²) < 4.78 is 65.7. The number of hydrogen-bond acceptors (Lipinski definition) is 5. The molecule has 0 spiro atoms. The summed E-state index contributed by atoms with van der Waals surface area (Å²) in [5.74, 6) is -0.641. The summed E-state index contributed by atoms with van der Waals surface area (Å²) in [6, 6.07) is 10.7. The number of carbonyl (C=O) groups excluding carboxylic acids is 1. The normalized spacial score (nSPS) is 12.1. The zero-order valence-corrected chi connectivity index (χ0v) is 16.7. The number of anilines is 1. The number of amides is 1. The van der Waals surface area contributed by atoms with E-state index in [4.69, 9.17) is 0 Å². The molecule has 0 fully saturated rings. The lowest BCUT2D eigenvalue weighted by Crippen LogP contribution is -2.19. The van der Waals surface area contributed by atoms with Crippen molar-refractivity contribution in [3.8, 4) is 0 Å². The van der Waals surface area contributed by atoms with E-state index in [-0.39, 0.29) is 16.1 Å². The van der Waals surface area contributed by atoms with Gasteiger partial charge >= 0.3 is 6.18 Å². The van der Waals surface area contributed by atoms with E-state index in [0.717, 1.165) is 23.8 Å². The average molecular weight is 453 g/mol. The molecular formula is C19H14F3N3O3S2. The van der Waals surface area contributed by atoms with Crippen molar-refractivity contribution in [3.05, 3.63) is 82.0 Å². The topological polar surface area (TPSA) is 87.6 Å². The number of rotatable bonds is 6. The van der Waals surface area contributed by atoms with Crippen LogP contribution in [0.5, 0.6) is 0 Å². The summed E-state index contributed by atoms with van der Waals surface area (Å²) in [4.78, 5) is 11.9. The van der Waals surface area contributed by atoms with Crippen LogP contribution in [0.4, 0.5) is 18.9 Å². The van der Waals surface area contributed by atoms with Crippen molar-refractivity contribution < 1.29 is 26.4 Å². The molecule has 6 nitrogen and oxygen atoms in total. The average Bonchev–Trinajstić information content (AvgIpc) is 3.21. The van der Waals surface area contributed by atoms with E-state index in [1.54, 1.807) is 6.07 Å². The molecule has 0 saturated carbocycles. The molecule has 156 valence electrons. The molecule has 0 bridgehead atoms. The number of benzene rings is 2. The Kier molecular flexibility index (Phi) is 6.22. The van der Waals surface area contributed by atoms with E-state index in [2.05, 4.69) is 15.2 Å². The van der Waals surface area contributed by atoms with E-state index in [1.807, 2.05) is 10.8 Å². The van der Waals surface area contributed by atoms with Crippen LogP contribution in [-0.4, -0.2) is 20.5 Å². The summed E-state index contributed by atoms with van der Waals surface area (Å²) in [5, 5.41) is 7.46. The van der Waals surface area contributed by atoms with Crippen LogP contribution in [0.25, 0.3) is 0 Å². The fourth-order valence-electron chi connectivity index (χ4n) is 2.36. The number of nitrogens with one attached hydrogen (secondary N) is 2. The van der Waals surface area contributed by atoms with Gasteiger partial charge in [0.1, 0.15) is 0 Å². The highest BCUT2D eigenvalue weighted by atomic mass is 32.2. The van der Waals surface area contributed by atoms with Crippen molar-refractivity contribution in [1.82, 2.24) is 5.43 Å². The maximum absolute atomic E-state index is 12.8. The molecule has 0 aliphatic carbocycles. The standard InChI is InChI=1S/C19H14F3N3O3S2/c20-19(21,22)15-4-2-5-16(10-15)25-30(27,28)17-6-1-3-14(9-17)18(26)24-23-11-13-7-8-29-12-13/h1-12,25H,(H,24,26)/b23-11+. The van der Waals surface area contributed by atoms with Gasteiger partial charge in [0, 0.05) is 16.8 Å². The van der Waals surface area contributed by atoms with E-state index >= 15 is 0 Å². The van der Waals surface area contributed by atoms with Crippen molar-refractivity contribution in [2.75, 3.05) is 4.72 Å².